The Morgan fingerprint density at radius 3 is 2.54 bits per heavy atom. The normalized spacial score (nSPS) is 10.0. The lowest BCUT2D eigenvalue weighted by Crippen LogP contribution is -2.00. The van der Waals surface area contributed by atoms with Crippen molar-refractivity contribution in [1.82, 2.24) is 4.98 Å². The Morgan fingerprint density at radius 1 is 1.62 bits per heavy atom. The maximum Gasteiger partial charge on any atom is 0.337 e. The van der Waals surface area contributed by atoms with Gasteiger partial charge in [-0.05, 0) is 18.9 Å². The molecule has 0 aliphatic heterocycles. The van der Waals surface area contributed by atoms with Crippen molar-refractivity contribution in [2.45, 2.75) is 20.3 Å². The summed E-state index contributed by atoms with van der Waals surface area (Å²) in [6, 6.07) is 0. The fourth-order valence-electron chi connectivity index (χ4n) is 1.35. The Bertz CT molecular complexity index is 352. The average Bonchev–Trinajstić information content (AvgIpc) is 2.41. The van der Waals surface area contributed by atoms with Gasteiger partial charge in [-0.1, -0.05) is 6.92 Å². The standard InChI is InChI=1S/C9H11NO3/c1-3-6-8(9(12)13)5(2)7(4-11)10-6/h4,10H,3H2,1-2H3,(H,12,13). The fraction of sp³-hybridized carbons (Fsp3) is 0.333. The first-order valence-electron chi connectivity index (χ1n) is 4.01. The molecule has 13 heavy (non-hydrogen) atoms. The Hall–Kier alpha value is -1.58. The zero-order valence-corrected chi connectivity index (χ0v) is 7.55. The molecule has 1 aromatic heterocycles. The molecular weight excluding hydrogens is 170 g/mol. The summed E-state index contributed by atoms with van der Waals surface area (Å²) in [5.74, 6) is -0.987. The molecule has 0 spiro atoms. The van der Waals surface area contributed by atoms with Gasteiger partial charge in [-0.25, -0.2) is 4.79 Å². The lowest BCUT2D eigenvalue weighted by Gasteiger charge is -1.95. The highest BCUT2D eigenvalue weighted by Gasteiger charge is 2.17. The minimum absolute atomic E-state index is 0.226. The molecule has 0 unspecified atom stereocenters. The summed E-state index contributed by atoms with van der Waals surface area (Å²) in [5, 5.41) is 8.85. The second kappa shape index (κ2) is 3.43. The zero-order chi connectivity index (χ0) is 10.0. The highest BCUT2D eigenvalue weighted by atomic mass is 16.4. The summed E-state index contributed by atoms with van der Waals surface area (Å²) < 4.78 is 0. The number of nitrogens with one attached hydrogen (secondary N) is 1. The summed E-state index contributed by atoms with van der Waals surface area (Å²) in [4.78, 5) is 24.1. The smallest absolute Gasteiger partial charge is 0.337 e. The first-order chi connectivity index (χ1) is 6.11. The SMILES string of the molecule is CCc1[nH]c(C=O)c(C)c1C(=O)O. The van der Waals surface area contributed by atoms with Crippen LogP contribution in [-0.2, 0) is 6.42 Å². The Morgan fingerprint density at radius 2 is 2.23 bits per heavy atom. The average molecular weight is 181 g/mol. The molecule has 0 aromatic carbocycles. The number of aromatic amines is 1. The van der Waals surface area contributed by atoms with Crippen LogP contribution in [0.2, 0.25) is 0 Å². The molecule has 1 rings (SSSR count). The molecule has 1 aromatic rings. The molecule has 4 heteroatoms. The Labute approximate surface area is 75.6 Å². The number of aryl methyl sites for hydroxylation is 1. The number of aromatic carboxylic acids is 1. The lowest BCUT2D eigenvalue weighted by atomic mass is 10.1. The number of carbonyl (C=O) groups is 2. The number of carbonyl (C=O) groups excluding carboxylic acids is 1. The number of hydrogen-bond acceptors (Lipinski definition) is 2. The van der Waals surface area contributed by atoms with Gasteiger partial charge in [0, 0.05) is 5.69 Å². The number of carboxylic acid groups (broad SMARTS) is 1. The summed E-state index contributed by atoms with van der Waals surface area (Å²) >= 11 is 0. The number of rotatable bonds is 3. The molecule has 0 aliphatic carbocycles. The van der Waals surface area contributed by atoms with Crippen molar-refractivity contribution in [2.75, 3.05) is 0 Å². The van der Waals surface area contributed by atoms with Gasteiger partial charge >= 0.3 is 5.97 Å². The Balaban J connectivity index is 3.37. The van der Waals surface area contributed by atoms with E-state index in [-0.39, 0.29) is 5.56 Å². The van der Waals surface area contributed by atoms with E-state index in [2.05, 4.69) is 4.98 Å². The van der Waals surface area contributed by atoms with Crippen molar-refractivity contribution < 1.29 is 14.7 Å². The Kier molecular flexibility index (Phi) is 2.51. The molecule has 0 amide bonds. The predicted molar refractivity (Wildman–Crippen MR) is 47.3 cm³/mol. The van der Waals surface area contributed by atoms with Gasteiger partial charge in [0.05, 0.1) is 11.3 Å². The third kappa shape index (κ3) is 1.47. The molecule has 4 nitrogen and oxygen atoms in total. The first kappa shape index (κ1) is 9.51. The van der Waals surface area contributed by atoms with E-state index in [0.717, 1.165) is 0 Å². The van der Waals surface area contributed by atoms with Gasteiger partial charge in [0.15, 0.2) is 6.29 Å². The van der Waals surface area contributed by atoms with Gasteiger partial charge in [-0.2, -0.15) is 0 Å². The van der Waals surface area contributed by atoms with Crippen LogP contribution in [0, 0.1) is 6.92 Å². The molecule has 0 radical (unpaired) electrons. The third-order valence-electron chi connectivity index (χ3n) is 2.05. The molecule has 0 atom stereocenters. The van der Waals surface area contributed by atoms with Crippen molar-refractivity contribution in [3.8, 4) is 0 Å². The minimum atomic E-state index is -0.987. The molecule has 2 N–H and O–H groups in total. The van der Waals surface area contributed by atoms with Crippen LogP contribution in [0.5, 0.6) is 0 Å². The molecule has 0 bridgehead atoms. The summed E-state index contributed by atoms with van der Waals surface area (Å²) in [5.41, 5.74) is 1.70. The maximum absolute atomic E-state index is 10.8. The summed E-state index contributed by atoms with van der Waals surface area (Å²) in [7, 11) is 0. The van der Waals surface area contributed by atoms with E-state index in [0.29, 0.717) is 29.7 Å². The maximum atomic E-state index is 10.8. The van der Waals surface area contributed by atoms with Crippen LogP contribution in [0.1, 0.15) is 39.0 Å². The van der Waals surface area contributed by atoms with Crippen LogP contribution in [0.3, 0.4) is 0 Å². The van der Waals surface area contributed by atoms with Gasteiger partial charge in [0.1, 0.15) is 0 Å². The van der Waals surface area contributed by atoms with Crippen molar-refractivity contribution in [1.29, 1.82) is 0 Å². The number of carboxylic acids is 1. The molecule has 0 aliphatic rings. The van der Waals surface area contributed by atoms with Crippen LogP contribution in [0.25, 0.3) is 0 Å². The molecule has 0 saturated carbocycles. The van der Waals surface area contributed by atoms with E-state index in [4.69, 9.17) is 5.11 Å². The van der Waals surface area contributed by atoms with Crippen LogP contribution in [-0.4, -0.2) is 22.3 Å². The van der Waals surface area contributed by atoms with E-state index in [1.165, 1.54) is 0 Å². The predicted octanol–water partition coefficient (Wildman–Crippen LogP) is 1.40. The van der Waals surface area contributed by atoms with Crippen LogP contribution in [0.4, 0.5) is 0 Å². The number of hydrogen-bond donors (Lipinski definition) is 2. The largest absolute Gasteiger partial charge is 0.478 e. The van der Waals surface area contributed by atoms with Crippen LogP contribution in [0.15, 0.2) is 0 Å². The molecule has 0 saturated heterocycles. The lowest BCUT2D eigenvalue weighted by molar-refractivity contribution is 0.0695. The highest BCUT2D eigenvalue weighted by Crippen LogP contribution is 2.17. The van der Waals surface area contributed by atoms with Crippen molar-refractivity contribution in [3.05, 3.63) is 22.5 Å². The second-order valence-electron chi connectivity index (χ2n) is 2.79. The van der Waals surface area contributed by atoms with E-state index < -0.39 is 5.97 Å². The third-order valence-corrected chi connectivity index (χ3v) is 2.05. The van der Waals surface area contributed by atoms with Gasteiger partial charge in [0.2, 0.25) is 0 Å². The first-order valence-corrected chi connectivity index (χ1v) is 4.01. The van der Waals surface area contributed by atoms with Crippen LogP contribution < -0.4 is 0 Å². The van der Waals surface area contributed by atoms with Crippen molar-refractivity contribution >= 4 is 12.3 Å². The van der Waals surface area contributed by atoms with Gasteiger partial charge in [-0.15, -0.1) is 0 Å². The van der Waals surface area contributed by atoms with Gasteiger partial charge in [-0.3, -0.25) is 4.79 Å². The summed E-state index contributed by atoms with van der Waals surface area (Å²) in [6.07, 6.45) is 1.22. The van der Waals surface area contributed by atoms with E-state index in [9.17, 15) is 9.59 Å². The monoisotopic (exact) mass is 181 g/mol. The number of aromatic nitrogens is 1. The van der Waals surface area contributed by atoms with E-state index in [1.807, 2.05) is 6.92 Å². The van der Waals surface area contributed by atoms with Crippen molar-refractivity contribution in [2.24, 2.45) is 0 Å². The number of H-pyrrole nitrogens is 1. The fourth-order valence-corrected chi connectivity index (χ4v) is 1.35. The quantitative estimate of drug-likeness (QED) is 0.692. The molecule has 0 fully saturated rings. The zero-order valence-electron chi connectivity index (χ0n) is 7.55. The number of aldehydes is 1. The summed E-state index contributed by atoms with van der Waals surface area (Å²) in [6.45, 7) is 3.47. The van der Waals surface area contributed by atoms with Gasteiger partial charge < -0.3 is 10.1 Å². The molecular formula is C9H11NO3. The molecule has 70 valence electrons. The van der Waals surface area contributed by atoms with Crippen LogP contribution >= 0.6 is 0 Å². The highest BCUT2D eigenvalue weighted by molar-refractivity contribution is 5.94. The second-order valence-corrected chi connectivity index (χ2v) is 2.79. The minimum Gasteiger partial charge on any atom is -0.478 e. The van der Waals surface area contributed by atoms with Gasteiger partial charge in [0.25, 0.3) is 0 Å². The van der Waals surface area contributed by atoms with E-state index >= 15 is 0 Å². The topological polar surface area (TPSA) is 70.2 Å². The molecule has 1 heterocycles. The van der Waals surface area contributed by atoms with Crippen molar-refractivity contribution in [3.63, 3.8) is 0 Å². The van der Waals surface area contributed by atoms with E-state index in [1.54, 1.807) is 6.92 Å².